The average molecular weight is 371 g/mol. The first-order chi connectivity index (χ1) is 12.3. The van der Waals surface area contributed by atoms with Crippen molar-refractivity contribution in [3.05, 3.63) is 48.7 Å². The number of fused-ring (bicyclic) bond motifs is 1. The highest BCUT2D eigenvalue weighted by Gasteiger charge is 2.23. The van der Waals surface area contributed by atoms with Crippen LogP contribution in [0.25, 0.3) is 10.3 Å². The molecule has 3 aromatic rings. The molecule has 1 fully saturated rings. The molecule has 5 nitrogen and oxygen atoms in total. The molecule has 1 aromatic carbocycles. The number of thiazole rings is 1. The van der Waals surface area contributed by atoms with Gasteiger partial charge in [0.2, 0.25) is 5.91 Å². The summed E-state index contributed by atoms with van der Waals surface area (Å²) in [5, 5.41) is 0.999. The summed E-state index contributed by atoms with van der Waals surface area (Å²) >= 11 is 3.22. The van der Waals surface area contributed by atoms with Gasteiger partial charge in [0, 0.05) is 37.3 Å². The molecule has 0 saturated carbocycles. The minimum absolute atomic E-state index is 0.208. The van der Waals surface area contributed by atoms with Gasteiger partial charge in [0.25, 0.3) is 0 Å². The van der Waals surface area contributed by atoms with E-state index >= 15 is 0 Å². The molecule has 2 aromatic heterocycles. The number of amides is 1. The fourth-order valence-electron chi connectivity index (χ4n) is 2.79. The van der Waals surface area contributed by atoms with Crippen molar-refractivity contribution in [2.45, 2.75) is 4.90 Å². The first-order valence-corrected chi connectivity index (χ1v) is 10.0. The quantitative estimate of drug-likeness (QED) is 0.661. The third kappa shape index (κ3) is 3.77. The number of piperazine rings is 1. The van der Waals surface area contributed by atoms with Gasteiger partial charge in [-0.05, 0) is 24.3 Å². The summed E-state index contributed by atoms with van der Waals surface area (Å²) in [5.41, 5.74) is 0.945. The molecular weight excluding hydrogens is 352 g/mol. The smallest absolute Gasteiger partial charge is 0.233 e. The van der Waals surface area contributed by atoms with Crippen LogP contribution >= 0.6 is 23.1 Å². The molecule has 1 aliphatic rings. The number of nitrogens with zero attached hydrogens (tertiary/aromatic N) is 4. The van der Waals surface area contributed by atoms with Gasteiger partial charge in [0.1, 0.15) is 10.3 Å². The van der Waals surface area contributed by atoms with Crippen LogP contribution in [0.3, 0.4) is 0 Å². The van der Waals surface area contributed by atoms with E-state index in [1.165, 1.54) is 0 Å². The lowest BCUT2D eigenvalue weighted by molar-refractivity contribution is -0.128. The Morgan fingerprint density at radius 3 is 2.64 bits per heavy atom. The molecule has 0 bridgehead atoms. The summed E-state index contributed by atoms with van der Waals surface area (Å²) in [4.78, 5) is 27.7. The van der Waals surface area contributed by atoms with E-state index in [-0.39, 0.29) is 5.91 Å². The van der Waals surface area contributed by atoms with Gasteiger partial charge in [0.15, 0.2) is 5.13 Å². The van der Waals surface area contributed by atoms with E-state index in [9.17, 15) is 4.79 Å². The molecule has 1 saturated heterocycles. The Morgan fingerprint density at radius 2 is 1.88 bits per heavy atom. The number of carbonyl (C=O) groups excluding carboxylic acids is 1. The topological polar surface area (TPSA) is 49.3 Å². The predicted octanol–water partition coefficient (Wildman–Crippen LogP) is 3.13. The summed E-state index contributed by atoms with van der Waals surface area (Å²) < 4.78 is 0. The number of rotatable bonds is 4. The number of hydrogen-bond donors (Lipinski definition) is 0. The standard InChI is InChI=1S/C18H18N4OS2/c23-16(13-24-14-5-2-1-3-6-14)21-9-11-22(12-10-21)18-20-15-7-4-8-19-17(15)25-18/h1-8H,9-13H2. The average Bonchev–Trinajstić information content (AvgIpc) is 3.11. The Bertz CT molecular complexity index is 827. The van der Waals surface area contributed by atoms with Crippen LogP contribution in [0.2, 0.25) is 0 Å². The van der Waals surface area contributed by atoms with E-state index in [1.54, 1.807) is 29.3 Å². The van der Waals surface area contributed by atoms with E-state index in [2.05, 4.69) is 14.9 Å². The summed E-state index contributed by atoms with van der Waals surface area (Å²) in [6.07, 6.45) is 1.80. The fourth-order valence-corrected chi connectivity index (χ4v) is 4.58. The minimum atomic E-state index is 0.208. The minimum Gasteiger partial charge on any atom is -0.344 e. The maximum atomic E-state index is 12.4. The molecule has 0 radical (unpaired) electrons. The number of pyridine rings is 1. The maximum Gasteiger partial charge on any atom is 0.233 e. The molecule has 128 valence electrons. The van der Waals surface area contributed by atoms with Crippen molar-refractivity contribution in [3.8, 4) is 0 Å². The predicted molar refractivity (Wildman–Crippen MR) is 103 cm³/mol. The van der Waals surface area contributed by atoms with Crippen molar-refractivity contribution in [2.24, 2.45) is 0 Å². The van der Waals surface area contributed by atoms with Gasteiger partial charge in [-0.15, -0.1) is 11.8 Å². The van der Waals surface area contributed by atoms with Crippen molar-refractivity contribution < 1.29 is 4.79 Å². The lowest BCUT2D eigenvalue weighted by Gasteiger charge is -2.34. The van der Waals surface area contributed by atoms with Crippen LogP contribution in [0, 0.1) is 0 Å². The highest BCUT2D eigenvalue weighted by molar-refractivity contribution is 8.00. The van der Waals surface area contributed by atoms with Crippen LogP contribution in [0.1, 0.15) is 0 Å². The second-order valence-electron chi connectivity index (χ2n) is 5.79. The van der Waals surface area contributed by atoms with Gasteiger partial charge >= 0.3 is 0 Å². The van der Waals surface area contributed by atoms with Crippen molar-refractivity contribution in [3.63, 3.8) is 0 Å². The van der Waals surface area contributed by atoms with Crippen LogP contribution in [0.4, 0.5) is 5.13 Å². The summed E-state index contributed by atoms with van der Waals surface area (Å²) in [6.45, 7) is 3.14. The molecule has 0 spiro atoms. The Labute approximate surface area is 154 Å². The molecule has 7 heteroatoms. The molecule has 4 rings (SSSR count). The zero-order valence-corrected chi connectivity index (χ0v) is 15.3. The molecule has 25 heavy (non-hydrogen) atoms. The van der Waals surface area contributed by atoms with E-state index in [0.717, 1.165) is 46.6 Å². The number of thioether (sulfide) groups is 1. The lowest BCUT2D eigenvalue weighted by atomic mass is 10.3. The van der Waals surface area contributed by atoms with Crippen LogP contribution in [-0.2, 0) is 4.79 Å². The number of aromatic nitrogens is 2. The van der Waals surface area contributed by atoms with E-state index in [0.29, 0.717) is 5.75 Å². The first-order valence-electron chi connectivity index (χ1n) is 8.22. The normalized spacial score (nSPS) is 14.9. The molecule has 0 unspecified atom stereocenters. The van der Waals surface area contributed by atoms with Crippen molar-refractivity contribution in [1.29, 1.82) is 0 Å². The Morgan fingerprint density at radius 1 is 1.08 bits per heavy atom. The Balaban J connectivity index is 1.32. The first kappa shape index (κ1) is 16.4. The second kappa shape index (κ2) is 7.41. The molecule has 3 heterocycles. The zero-order valence-electron chi connectivity index (χ0n) is 13.7. The number of carbonyl (C=O) groups is 1. The van der Waals surface area contributed by atoms with Crippen LogP contribution in [0.5, 0.6) is 0 Å². The maximum absolute atomic E-state index is 12.4. The molecule has 0 aliphatic carbocycles. The van der Waals surface area contributed by atoms with E-state index < -0.39 is 0 Å². The monoisotopic (exact) mass is 370 g/mol. The number of benzene rings is 1. The van der Waals surface area contributed by atoms with Crippen molar-refractivity contribution >= 4 is 44.5 Å². The highest BCUT2D eigenvalue weighted by Crippen LogP contribution is 2.27. The largest absolute Gasteiger partial charge is 0.344 e. The fraction of sp³-hybridized carbons (Fsp3) is 0.278. The van der Waals surface area contributed by atoms with Gasteiger partial charge < -0.3 is 9.80 Å². The van der Waals surface area contributed by atoms with Crippen LogP contribution in [0.15, 0.2) is 53.6 Å². The Hall–Kier alpha value is -2.12. The molecule has 0 atom stereocenters. The summed E-state index contributed by atoms with van der Waals surface area (Å²) in [6, 6.07) is 14.0. The zero-order chi connectivity index (χ0) is 17.1. The number of hydrogen-bond acceptors (Lipinski definition) is 6. The summed E-state index contributed by atoms with van der Waals surface area (Å²) in [7, 11) is 0. The SMILES string of the molecule is O=C(CSc1ccccc1)N1CCN(c2nc3cccnc3s2)CC1. The van der Waals surface area contributed by atoms with Gasteiger partial charge in [-0.25, -0.2) is 9.97 Å². The molecule has 1 aliphatic heterocycles. The second-order valence-corrected chi connectivity index (χ2v) is 7.80. The molecule has 0 N–H and O–H groups in total. The van der Waals surface area contributed by atoms with E-state index in [4.69, 9.17) is 0 Å². The van der Waals surface area contributed by atoms with Crippen LogP contribution in [-0.4, -0.2) is 52.7 Å². The van der Waals surface area contributed by atoms with Crippen molar-refractivity contribution in [1.82, 2.24) is 14.9 Å². The summed E-state index contributed by atoms with van der Waals surface area (Å²) in [5.74, 6) is 0.703. The highest BCUT2D eigenvalue weighted by atomic mass is 32.2. The number of anilines is 1. The van der Waals surface area contributed by atoms with Crippen molar-refractivity contribution in [2.75, 3.05) is 36.8 Å². The van der Waals surface area contributed by atoms with Gasteiger partial charge in [-0.1, -0.05) is 29.5 Å². The van der Waals surface area contributed by atoms with Crippen LogP contribution < -0.4 is 4.90 Å². The Kier molecular flexibility index (Phi) is 4.85. The van der Waals surface area contributed by atoms with E-state index in [1.807, 2.05) is 47.4 Å². The lowest BCUT2D eigenvalue weighted by Crippen LogP contribution is -2.49. The van der Waals surface area contributed by atoms with Gasteiger partial charge in [-0.2, -0.15) is 0 Å². The molecular formula is C18H18N4OS2. The third-order valence-electron chi connectivity index (χ3n) is 4.16. The van der Waals surface area contributed by atoms with Gasteiger partial charge in [-0.3, -0.25) is 4.79 Å². The van der Waals surface area contributed by atoms with Gasteiger partial charge in [0.05, 0.1) is 5.75 Å². The third-order valence-corrected chi connectivity index (χ3v) is 6.20. The molecule has 1 amide bonds.